The Kier molecular flexibility index (Phi) is 10.0. The molecule has 0 saturated carbocycles. The van der Waals surface area contributed by atoms with Gasteiger partial charge in [-0.1, -0.05) is 7.77 Å². The number of hydrogen-bond donors (Lipinski definition) is 0. The van der Waals surface area contributed by atoms with Crippen molar-refractivity contribution in [1.82, 2.24) is 0 Å². The quantitative estimate of drug-likeness (QED) is 0.130. The number of hydrogen-bond acceptors (Lipinski definition) is 8. The van der Waals surface area contributed by atoms with Gasteiger partial charge in [0.1, 0.15) is 17.4 Å². The summed E-state index contributed by atoms with van der Waals surface area (Å²) in [6.45, 7) is -7.44. The van der Waals surface area contributed by atoms with Gasteiger partial charge < -0.3 is 9.47 Å². The fourth-order valence-corrected chi connectivity index (χ4v) is 5.85. The van der Waals surface area contributed by atoms with Crippen molar-refractivity contribution >= 4 is 29.3 Å². The number of ether oxygens (including phenoxy) is 5. The Morgan fingerprint density at radius 3 is 1.76 bits per heavy atom. The second-order valence-electron chi connectivity index (χ2n) is 5.09. The predicted molar refractivity (Wildman–Crippen MR) is 87.7 cm³/mol. The molecular formula is C11H15ClF12O7S2. The van der Waals surface area contributed by atoms with Crippen molar-refractivity contribution < 1.29 is 83.7 Å². The molecule has 204 valence electrons. The summed E-state index contributed by atoms with van der Waals surface area (Å²) >= 11 is 0. The van der Waals surface area contributed by atoms with Crippen molar-refractivity contribution in [3.63, 3.8) is 0 Å². The maximum absolute atomic E-state index is 15.1. The highest BCUT2D eigenvalue weighted by molar-refractivity contribution is 9.13. The minimum absolute atomic E-state index is 0.0538. The van der Waals surface area contributed by atoms with Crippen LogP contribution in [0.2, 0.25) is 0 Å². The van der Waals surface area contributed by atoms with E-state index < -0.39 is 68.7 Å². The summed E-state index contributed by atoms with van der Waals surface area (Å²) in [5, 5.41) is -5.40. The van der Waals surface area contributed by atoms with Crippen molar-refractivity contribution in [3.05, 3.63) is 0 Å². The van der Waals surface area contributed by atoms with Crippen LogP contribution in [0.15, 0.2) is 0 Å². The molecule has 2 atom stereocenters. The maximum Gasteiger partial charge on any atom is 0.527 e. The number of halogens is 13. The first-order valence-electron chi connectivity index (χ1n) is 7.60. The average molecular weight is 587 g/mol. The zero-order valence-electron chi connectivity index (χ0n) is 16.2. The van der Waals surface area contributed by atoms with E-state index in [1.807, 2.05) is 0 Å². The maximum atomic E-state index is 15.1. The molecule has 0 fully saturated rings. The number of methoxy groups -OCH3 is 1. The Hall–Kier alpha value is -0.130. The molecular weight excluding hydrogens is 572 g/mol. The molecule has 22 heteroatoms. The SMILES string of the molecule is CCOC(OC)(OC(OC(F)F)(OC(F)(F)F)SS(F)(F)(Cl)(OC)OCC(F)F)C(F)(F)F. The molecule has 0 bridgehead atoms. The second kappa shape index (κ2) is 10.1. The van der Waals surface area contributed by atoms with Crippen LogP contribution < -0.4 is 0 Å². The minimum Gasteiger partial charge on any atom is -0.323 e. The third-order valence-electron chi connectivity index (χ3n) is 2.70. The van der Waals surface area contributed by atoms with Gasteiger partial charge in [-0.25, -0.2) is 21.9 Å². The van der Waals surface area contributed by atoms with Crippen molar-refractivity contribution in [3.8, 4) is 0 Å². The monoisotopic (exact) mass is 586 g/mol. The van der Waals surface area contributed by atoms with E-state index in [2.05, 4.69) is 32.1 Å². The minimum atomic E-state index is -9.02. The van der Waals surface area contributed by atoms with E-state index in [9.17, 15) is 43.9 Å². The van der Waals surface area contributed by atoms with Crippen LogP contribution in [0.4, 0.5) is 51.7 Å². The van der Waals surface area contributed by atoms with Gasteiger partial charge in [-0.2, -0.15) is 22.0 Å². The smallest absolute Gasteiger partial charge is 0.323 e. The molecule has 0 aliphatic heterocycles. The first-order valence-corrected chi connectivity index (χ1v) is 11.9. The first-order chi connectivity index (χ1) is 14.4. The van der Waals surface area contributed by atoms with Gasteiger partial charge in [0.05, 0.1) is 17.8 Å². The van der Waals surface area contributed by atoms with Crippen LogP contribution in [0.3, 0.4) is 0 Å². The largest absolute Gasteiger partial charge is 0.527 e. The van der Waals surface area contributed by atoms with E-state index in [4.69, 9.17) is 10.7 Å². The van der Waals surface area contributed by atoms with E-state index in [0.717, 1.165) is 6.92 Å². The highest BCUT2D eigenvalue weighted by Crippen LogP contribution is 3.06. The molecule has 0 aliphatic rings. The Morgan fingerprint density at radius 2 is 1.45 bits per heavy atom. The number of alkyl halides is 10. The molecule has 33 heavy (non-hydrogen) atoms. The lowest BCUT2D eigenvalue weighted by molar-refractivity contribution is -0.564. The number of rotatable bonds is 14. The van der Waals surface area contributed by atoms with Gasteiger partial charge >= 0.3 is 30.4 Å². The normalized spacial score (nSPS) is 19.8. The lowest BCUT2D eigenvalue weighted by Crippen LogP contribution is -2.59. The molecule has 2 unspecified atom stereocenters. The van der Waals surface area contributed by atoms with Crippen LogP contribution in [-0.2, 0) is 32.1 Å². The molecule has 0 aromatic heterocycles. The Labute approximate surface area is 185 Å². The lowest BCUT2D eigenvalue weighted by Gasteiger charge is -2.63. The van der Waals surface area contributed by atoms with E-state index in [0.29, 0.717) is 0 Å². The molecule has 0 rings (SSSR count). The van der Waals surface area contributed by atoms with Crippen molar-refractivity contribution in [2.24, 2.45) is 0 Å². The molecule has 0 N–H and O–H groups in total. The van der Waals surface area contributed by atoms with Crippen molar-refractivity contribution in [2.45, 2.75) is 43.8 Å². The summed E-state index contributed by atoms with van der Waals surface area (Å²) in [5.74, 6) is -4.85. The van der Waals surface area contributed by atoms with Crippen LogP contribution in [0.1, 0.15) is 6.92 Å². The van der Waals surface area contributed by atoms with Gasteiger partial charge in [-0.3, -0.25) is 9.47 Å². The third kappa shape index (κ3) is 9.80. The van der Waals surface area contributed by atoms with Crippen LogP contribution >= 0.6 is 29.3 Å². The summed E-state index contributed by atoms with van der Waals surface area (Å²) < 4.78 is 184. The molecule has 0 aliphatic carbocycles. The van der Waals surface area contributed by atoms with Gasteiger partial charge in [0.2, 0.25) is 0 Å². The Morgan fingerprint density at radius 1 is 0.939 bits per heavy atom. The molecule has 0 radical (unpaired) electrons. The average Bonchev–Trinajstić information content (AvgIpc) is 2.56. The van der Waals surface area contributed by atoms with Gasteiger partial charge in [0.25, 0.3) is 6.43 Å². The highest BCUT2D eigenvalue weighted by Gasteiger charge is 2.72. The third-order valence-corrected chi connectivity index (χ3v) is 8.23. The fraction of sp³-hybridized carbons (Fsp3) is 1.00. The van der Waals surface area contributed by atoms with Gasteiger partial charge in [-0.05, 0) is 6.92 Å². The molecule has 0 aromatic carbocycles. The lowest BCUT2D eigenvalue weighted by atomic mass is 10.5. The summed E-state index contributed by atoms with van der Waals surface area (Å²) in [6, 6.07) is 0. The zero-order chi connectivity index (χ0) is 26.6. The van der Waals surface area contributed by atoms with Gasteiger partial charge in [-0.15, -0.1) is 13.2 Å². The summed E-state index contributed by atoms with van der Waals surface area (Å²) in [7, 11) is -6.66. The van der Waals surface area contributed by atoms with Crippen LogP contribution in [0.25, 0.3) is 0 Å². The van der Waals surface area contributed by atoms with E-state index in [-0.39, 0.29) is 14.2 Å². The predicted octanol–water partition coefficient (Wildman–Crippen LogP) is 6.49. The molecule has 0 amide bonds. The standard InChI is InChI=1S/C11H15ClF12O7S2/c1-4-27-9(25-2,8(17,18)19)30-11(29-7(15)16,31-10(20,21)22)32-33(12,23,24,26-3)28-5-6(13)14/h6-7H,4-5H2,1-3H3. The van der Waals surface area contributed by atoms with Crippen LogP contribution in [0, 0.1) is 0 Å². The van der Waals surface area contributed by atoms with Crippen LogP contribution in [-0.4, -0.2) is 64.3 Å². The fourth-order valence-electron chi connectivity index (χ4n) is 1.60. The molecule has 0 spiro atoms. The summed E-state index contributed by atoms with van der Waals surface area (Å²) in [6.07, 6.45) is -16.3. The van der Waals surface area contributed by atoms with E-state index >= 15 is 7.77 Å². The molecule has 0 aromatic rings. The summed E-state index contributed by atoms with van der Waals surface area (Å²) in [5.41, 5.74) is 0. The van der Waals surface area contributed by atoms with Gasteiger partial charge in [0.15, 0.2) is 0 Å². The molecule has 0 heterocycles. The van der Waals surface area contributed by atoms with Crippen LogP contribution in [0.5, 0.6) is 0 Å². The molecule has 0 saturated heterocycles. The molecule has 7 nitrogen and oxygen atoms in total. The Bertz CT molecular complexity index is 658. The topological polar surface area (TPSA) is 64.6 Å². The van der Waals surface area contributed by atoms with Crippen molar-refractivity contribution in [1.29, 1.82) is 0 Å². The first kappa shape index (κ1) is 32.9. The highest BCUT2D eigenvalue weighted by atomic mass is 35.8. The van der Waals surface area contributed by atoms with Crippen molar-refractivity contribution in [2.75, 3.05) is 27.4 Å². The van der Waals surface area contributed by atoms with Gasteiger partial charge in [0, 0.05) is 21.6 Å². The second-order valence-corrected chi connectivity index (χ2v) is 13.3. The summed E-state index contributed by atoms with van der Waals surface area (Å²) in [4.78, 5) is 0. The zero-order valence-corrected chi connectivity index (χ0v) is 18.5. The van der Waals surface area contributed by atoms with E-state index in [1.165, 1.54) is 0 Å². The Balaban J connectivity index is 7.05. The van der Waals surface area contributed by atoms with E-state index in [1.54, 1.807) is 0 Å².